The maximum Gasteiger partial charge on any atom is 0.225 e. The molecule has 4 rings (SSSR count). The van der Waals surface area contributed by atoms with Crippen LogP contribution >= 0.6 is 22.9 Å². The molecule has 0 saturated heterocycles. The lowest BCUT2D eigenvalue weighted by Crippen LogP contribution is -2.19. The lowest BCUT2D eigenvalue weighted by Gasteiger charge is -2.24. The summed E-state index contributed by atoms with van der Waals surface area (Å²) >= 11 is 7.73. The lowest BCUT2D eigenvalue weighted by molar-refractivity contribution is 0.758. The fraction of sp³-hybridized carbons (Fsp3) is 0.250. The van der Waals surface area contributed by atoms with Crippen LogP contribution in [-0.4, -0.2) is 16.5 Å². The van der Waals surface area contributed by atoms with Crippen molar-refractivity contribution in [2.75, 3.05) is 11.4 Å². The molecular formula is C16H14ClN3S. The number of hydrogen-bond donors (Lipinski definition) is 0. The summed E-state index contributed by atoms with van der Waals surface area (Å²) in [6.07, 6.45) is 3.49. The van der Waals surface area contributed by atoms with Crippen LogP contribution in [0.3, 0.4) is 0 Å². The van der Waals surface area contributed by atoms with Gasteiger partial charge < -0.3 is 4.90 Å². The number of thiophene rings is 1. The van der Waals surface area contributed by atoms with Gasteiger partial charge in [0.1, 0.15) is 10.6 Å². The number of halogens is 1. The van der Waals surface area contributed by atoms with Crippen LogP contribution in [0.15, 0.2) is 35.7 Å². The standard InChI is InChI=1S/C16H14ClN3S/c17-16-18-14(12-8-10-21-15(12)19-16)20-9-4-3-6-11-5-1-2-7-13(11)20/h1-2,5,7-8,10H,3-4,6,9H2. The van der Waals surface area contributed by atoms with Crippen LogP contribution in [0.25, 0.3) is 10.2 Å². The molecule has 0 N–H and O–H groups in total. The van der Waals surface area contributed by atoms with Gasteiger partial charge in [0.2, 0.25) is 5.28 Å². The van der Waals surface area contributed by atoms with E-state index in [-0.39, 0.29) is 0 Å². The fourth-order valence-corrected chi connectivity index (χ4v) is 3.90. The van der Waals surface area contributed by atoms with Gasteiger partial charge in [-0.15, -0.1) is 11.3 Å². The third-order valence-corrected chi connectivity index (χ3v) is 4.87. The molecule has 106 valence electrons. The van der Waals surface area contributed by atoms with Crippen molar-refractivity contribution in [1.82, 2.24) is 9.97 Å². The Hall–Kier alpha value is -1.65. The third-order valence-electron chi connectivity index (χ3n) is 3.89. The molecule has 0 amide bonds. The Balaban J connectivity index is 1.94. The Morgan fingerprint density at radius 3 is 2.95 bits per heavy atom. The van der Waals surface area contributed by atoms with Gasteiger partial charge in [-0.3, -0.25) is 0 Å². The quantitative estimate of drug-likeness (QED) is 0.603. The highest BCUT2D eigenvalue weighted by Gasteiger charge is 2.20. The predicted molar refractivity (Wildman–Crippen MR) is 88.8 cm³/mol. The van der Waals surface area contributed by atoms with E-state index in [1.165, 1.54) is 17.7 Å². The summed E-state index contributed by atoms with van der Waals surface area (Å²) in [4.78, 5) is 12.1. The van der Waals surface area contributed by atoms with Crippen molar-refractivity contribution < 1.29 is 0 Å². The molecular weight excluding hydrogens is 302 g/mol. The second kappa shape index (κ2) is 5.28. The molecule has 5 heteroatoms. The van der Waals surface area contributed by atoms with E-state index in [1.54, 1.807) is 11.3 Å². The first-order valence-electron chi connectivity index (χ1n) is 7.09. The molecule has 0 spiro atoms. The highest BCUT2D eigenvalue weighted by Crippen LogP contribution is 2.36. The molecule has 21 heavy (non-hydrogen) atoms. The van der Waals surface area contributed by atoms with Crippen LogP contribution in [0.5, 0.6) is 0 Å². The zero-order valence-electron chi connectivity index (χ0n) is 11.4. The maximum atomic E-state index is 6.13. The maximum absolute atomic E-state index is 6.13. The van der Waals surface area contributed by atoms with E-state index >= 15 is 0 Å². The molecule has 0 aliphatic carbocycles. The fourth-order valence-electron chi connectivity index (χ4n) is 2.93. The molecule has 0 radical (unpaired) electrons. The first kappa shape index (κ1) is 13.0. The van der Waals surface area contributed by atoms with Gasteiger partial charge in [-0.05, 0) is 53.9 Å². The van der Waals surface area contributed by atoms with Gasteiger partial charge in [0.25, 0.3) is 0 Å². The number of anilines is 2. The number of aryl methyl sites for hydroxylation is 1. The van der Waals surface area contributed by atoms with E-state index < -0.39 is 0 Å². The van der Waals surface area contributed by atoms with Gasteiger partial charge in [0.15, 0.2) is 0 Å². The van der Waals surface area contributed by atoms with Crippen molar-refractivity contribution in [3.63, 3.8) is 0 Å². The van der Waals surface area contributed by atoms with Crippen molar-refractivity contribution in [2.45, 2.75) is 19.3 Å². The molecule has 1 aliphatic heterocycles. The first-order chi connectivity index (χ1) is 10.3. The summed E-state index contributed by atoms with van der Waals surface area (Å²) in [6, 6.07) is 10.7. The van der Waals surface area contributed by atoms with Gasteiger partial charge in [0, 0.05) is 12.2 Å². The summed E-state index contributed by atoms with van der Waals surface area (Å²) in [7, 11) is 0. The topological polar surface area (TPSA) is 29.0 Å². The third kappa shape index (κ3) is 2.28. The van der Waals surface area contributed by atoms with Crippen molar-refractivity contribution in [1.29, 1.82) is 0 Å². The molecule has 0 atom stereocenters. The van der Waals surface area contributed by atoms with Crippen LogP contribution in [-0.2, 0) is 6.42 Å². The van der Waals surface area contributed by atoms with Crippen LogP contribution in [0.4, 0.5) is 11.5 Å². The Labute approximate surface area is 132 Å². The molecule has 0 saturated carbocycles. The van der Waals surface area contributed by atoms with E-state index in [9.17, 15) is 0 Å². The summed E-state index contributed by atoms with van der Waals surface area (Å²) in [5, 5.41) is 3.45. The lowest BCUT2D eigenvalue weighted by atomic mass is 10.1. The number of nitrogens with zero attached hydrogens (tertiary/aromatic N) is 3. The zero-order valence-corrected chi connectivity index (χ0v) is 13.0. The van der Waals surface area contributed by atoms with Crippen LogP contribution < -0.4 is 4.90 Å². The molecule has 2 aromatic heterocycles. The summed E-state index contributed by atoms with van der Waals surface area (Å²) in [6.45, 7) is 0.968. The van der Waals surface area contributed by atoms with E-state index in [0.29, 0.717) is 5.28 Å². The normalized spacial score (nSPS) is 15.0. The highest BCUT2D eigenvalue weighted by molar-refractivity contribution is 7.16. The summed E-state index contributed by atoms with van der Waals surface area (Å²) in [5.74, 6) is 0.931. The minimum absolute atomic E-state index is 0.321. The monoisotopic (exact) mass is 315 g/mol. The Kier molecular flexibility index (Phi) is 3.28. The molecule has 3 aromatic rings. The number of para-hydroxylation sites is 1. The van der Waals surface area contributed by atoms with Crippen LogP contribution in [0, 0.1) is 0 Å². The average molecular weight is 316 g/mol. The van der Waals surface area contributed by atoms with Gasteiger partial charge >= 0.3 is 0 Å². The largest absolute Gasteiger partial charge is 0.325 e. The smallest absolute Gasteiger partial charge is 0.225 e. The second-order valence-corrected chi connectivity index (χ2v) is 6.43. The molecule has 0 unspecified atom stereocenters. The average Bonchev–Trinajstić information content (AvgIpc) is 2.85. The number of hydrogen-bond acceptors (Lipinski definition) is 4. The molecule has 3 nitrogen and oxygen atoms in total. The highest BCUT2D eigenvalue weighted by atomic mass is 35.5. The molecule has 0 bridgehead atoms. The summed E-state index contributed by atoms with van der Waals surface area (Å²) < 4.78 is 0. The van der Waals surface area contributed by atoms with Gasteiger partial charge in [-0.2, -0.15) is 4.98 Å². The Bertz CT molecular complexity index is 799. The van der Waals surface area contributed by atoms with Crippen molar-refractivity contribution in [3.05, 3.63) is 46.6 Å². The van der Waals surface area contributed by atoms with Crippen molar-refractivity contribution >= 4 is 44.7 Å². The van der Waals surface area contributed by atoms with Gasteiger partial charge in [0.05, 0.1) is 5.39 Å². The van der Waals surface area contributed by atoms with E-state index in [2.05, 4.69) is 45.2 Å². The predicted octanol–water partition coefficient (Wildman–Crippen LogP) is 4.82. The SMILES string of the molecule is Clc1nc(N2CCCCc3ccccc32)c2ccsc2n1. The number of aromatic nitrogens is 2. The van der Waals surface area contributed by atoms with Crippen molar-refractivity contribution in [3.8, 4) is 0 Å². The minimum atomic E-state index is 0.321. The van der Waals surface area contributed by atoms with Crippen LogP contribution in [0.2, 0.25) is 5.28 Å². The zero-order chi connectivity index (χ0) is 14.2. The summed E-state index contributed by atoms with van der Waals surface area (Å²) in [5.41, 5.74) is 2.63. The number of benzene rings is 1. The molecule has 1 aliphatic rings. The molecule has 3 heterocycles. The molecule has 1 aromatic carbocycles. The number of fused-ring (bicyclic) bond motifs is 2. The van der Waals surface area contributed by atoms with Crippen LogP contribution in [0.1, 0.15) is 18.4 Å². The second-order valence-electron chi connectivity index (χ2n) is 5.19. The van der Waals surface area contributed by atoms with Gasteiger partial charge in [-0.1, -0.05) is 18.2 Å². The van der Waals surface area contributed by atoms with E-state index in [4.69, 9.17) is 11.6 Å². The van der Waals surface area contributed by atoms with E-state index in [0.717, 1.165) is 35.4 Å². The molecule has 0 fully saturated rings. The first-order valence-corrected chi connectivity index (χ1v) is 8.35. The van der Waals surface area contributed by atoms with Gasteiger partial charge in [-0.25, -0.2) is 4.98 Å². The minimum Gasteiger partial charge on any atom is -0.325 e. The Morgan fingerprint density at radius 2 is 2.00 bits per heavy atom. The Morgan fingerprint density at radius 1 is 1.10 bits per heavy atom. The van der Waals surface area contributed by atoms with Crippen molar-refractivity contribution in [2.24, 2.45) is 0 Å². The number of rotatable bonds is 1. The van der Waals surface area contributed by atoms with E-state index in [1.807, 2.05) is 5.38 Å².